The van der Waals surface area contributed by atoms with Crippen molar-refractivity contribution in [2.75, 3.05) is 0 Å². The summed E-state index contributed by atoms with van der Waals surface area (Å²) in [5.74, 6) is 2.02. The standard InChI is InChI=1S/C14H18BrN3/c1-2-3-5-10-13-16-17-14(11-15)18(13)12-8-6-4-7-9-12/h4,6-9H,2-3,5,10-11H2,1H3. The molecule has 1 heterocycles. The molecule has 0 fully saturated rings. The van der Waals surface area contributed by atoms with Crippen molar-refractivity contribution in [3.8, 4) is 5.69 Å². The lowest BCUT2D eigenvalue weighted by atomic mass is 10.2. The topological polar surface area (TPSA) is 30.7 Å². The van der Waals surface area contributed by atoms with E-state index in [2.05, 4.69) is 49.8 Å². The predicted octanol–water partition coefficient (Wildman–Crippen LogP) is 3.89. The lowest BCUT2D eigenvalue weighted by Gasteiger charge is -2.08. The molecule has 0 radical (unpaired) electrons. The molecule has 96 valence electrons. The Labute approximate surface area is 116 Å². The number of aromatic nitrogens is 3. The van der Waals surface area contributed by atoms with E-state index in [0.29, 0.717) is 0 Å². The summed E-state index contributed by atoms with van der Waals surface area (Å²) in [6.07, 6.45) is 4.63. The van der Waals surface area contributed by atoms with E-state index >= 15 is 0 Å². The van der Waals surface area contributed by atoms with Crippen molar-refractivity contribution < 1.29 is 0 Å². The molecule has 2 rings (SSSR count). The minimum atomic E-state index is 0.725. The normalized spacial score (nSPS) is 10.8. The third-order valence-electron chi connectivity index (χ3n) is 2.93. The molecule has 0 saturated heterocycles. The van der Waals surface area contributed by atoms with Gasteiger partial charge in [0.25, 0.3) is 0 Å². The van der Waals surface area contributed by atoms with Crippen molar-refractivity contribution in [2.24, 2.45) is 0 Å². The fourth-order valence-corrected chi connectivity index (χ4v) is 2.37. The van der Waals surface area contributed by atoms with Crippen LogP contribution >= 0.6 is 15.9 Å². The number of hydrogen-bond acceptors (Lipinski definition) is 2. The zero-order valence-electron chi connectivity index (χ0n) is 10.6. The van der Waals surface area contributed by atoms with Crippen molar-refractivity contribution in [1.82, 2.24) is 14.8 Å². The summed E-state index contributed by atoms with van der Waals surface area (Å²) in [6, 6.07) is 10.3. The fraction of sp³-hybridized carbons (Fsp3) is 0.429. The van der Waals surface area contributed by atoms with Crippen molar-refractivity contribution in [2.45, 2.75) is 37.9 Å². The molecule has 0 amide bonds. The van der Waals surface area contributed by atoms with E-state index in [4.69, 9.17) is 0 Å². The summed E-state index contributed by atoms with van der Waals surface area (Å²) >= 11 is 3.48. The van der Waals surface area contributed by atoms with Crippen molar-refractivity contribution >= 4 is 15.9 Å². The second-order valence-corrected chi connectivity index (χ2v) is 4.85. The van der Waals surface area contributed by atoms with Crippen LogP contribution in [0.25, 0.3) is 5.69 Å². The van der Waals surface area contributed by atoms with Crippen molar-refractivity contribution in [1.29, 1.82) is 0 Å². The van der Waals surface area contributed by atoms with Crippen LogP contribution in [0.1, 0.15) is 37.8 Å². The number of para-hydroxylation sites is 1. The average molecular weight is 308 g/mol. The molecule has 0 bridgehead atoms. The highest BCUT2D eigenvalue weighted by atomic mass is 79.9. The van der Waals surface area contributed by atoms with Crippen LogP contribution in [0.4, 0.5) is 0 Å². The van der Waals surface area contributed by atoms with E-state index in [-0.39, 0.29) is 0 Å². The van der Waals surface area contributed by atoms with Gasteiger partial charge in [0.1, 0.15) is 11.6 Å². The third kappa shape index (κ3) is 2.99. The molecular formula is C14H18BrN3. The molecule has 0 spiro atoms. The molecule has 0 atom stereocenters. The molecule has 0 aliphatic heterocycles. The van der Waals surface area contributed by atoms with E-state index in [9.17, 15) is 0 Å². The first kappa shape index (κ1) is 13.3. The van der Waals surface area contributed by atoms with Gasteiger partial charge in [-0.05, 0) is 18.6 Å². The molecule has 1 aromatic heterocycles. The summed E-state index contributed by atoms with van der Waals surface area (Å²) < 4.78 is 2.16. The largest absolute Gasteiger partial charge is 0.282 e. The van der Waals surface area contributed by atoms with Gasteiger partial charge in [0.2, 0.25) is 0 Å². The fourth-order valence-electron chi connectivity index (χ4n) is 2.01. The lowest BCUT2D eigenvalue weighted by molar-refractivity contribution is 0.683. The summed E-state index contributed by atoms with van der Waals surface area (Å²) in [4.78, 5) is 0. The molecule has 2 aromatic rings. The minimum Gasteiger partial charge on any atom is -0.282 e. The van der Waals surface area contributed by atoms with Gasteiger partial charge in [0, 0.05) is 12.1 Å². The average Bonchev–Trinajstić information content (AvgIpc) is 2.83. The highest BCUT2D eigenvalue weighted by molar-refractivity contribution is 9.08. The number of hydrogen-bond donors (Lipinski definition) is 0. The zero-order valence-corrected chi connectivity index (χ0v) is 12.2. The molecule has 18 heavy (non-hydrogen) atoms. The first-order valence-electron chi connectivity index (χ1n) is 6.41. The maximum Gasteiger partial charge on any atom is 0.148 e. The lowest BCUT2D eigenvalue weighted by Crippen LogP contribution is -2.04. The molecule has 3 nitrogen and oxygen atoms in total. The highest BCUT2D eigenvalue weighted by Crippen LogP contribution is 2.16. The minimum absolute atomic E-state index is 0.725. The van der Waals surface area contributed by atoms with Gasteiger partial charge in [-0.2, -0.15) is 0 Å². The SMILES string of the molecule is CCCCCc1nnc(CBr)n1-c1ccccc1. The Morgan fingerprint density at radius 3 is 2.44 bits per heavy atom. The molecular weight excluding hydrogens is 290 g/mol. The van der Waals surface area contributed by atoms with Crippen LogP contribution in [0.15, 0.2) is 30.3 Å². The number of nitrogens with zero attached hydrogens (tertiary/aromatic N) is 3. The number of alkyl halides is 1. The Bertz CT molecular complexity index is 479. The van der Waals surface area contributed by atoms with Gasteiger partial charge in [0.05, 0.1) is 5.33 Å². The first-order chi connectivity index (χ1) is 8.86. The molecule has 0 aliphatic carbocycles. The van der Waals surface area contributed by atoms with Crippen molar-refractivity contribution in [3.63, 3.8) is 0 Å². The Kier molecular flexibility index (Phi) is 4.93. The monoisotopic (exact) mass is 307 g/mol. The summed E-state index contributed by atoms with van der Waals surface area (Å²) in [7, 11) is 0. The smallest absolute Gasteiger partial charge is 0.148 e. The van der Waals surface area contributed by atoms with Gasteiger partial charge in [-0.3, -0.25) is 4.57 Å². The molecule has 0 aliphatic rings. The molecule has 0 unspecified atom stereocenters. The maximum absolute atomic E-state index is 4.32. The number of halogens is 1. The van der Waals surface area contributed by atoms with Crippen LogP contribution < -0.4 is 0 Å². The first-order valence-corrected chi connectivity index (χ1v) is 7.53. The molecule has 4 heteroatoms. The quantitative estimate of drug-likeness (QED) is 0.598. The van der Waals surface area contributed by atoms with Crippen LogP contribution in [0.5, 0.6) is 0 Å². The van der Waals surface area contributed by atoms with E-state index in [1.807, 2.05) is 18.2 Å². The predicted molar refractivity (Wildman–Crippen MR) is 77.2 cm³/mol. The van der Waals surface area contributed by atoms with Gasteiger partial charge in [-0.1, -0.05) is 53.9 Å². The Hall–Kier alpha value is -1.16. The van der Waals surface area contributed by atoms with E-state index < -0.39 is 0 Å². The number of unbranched alkanes of at least 4 members (excludes halogenated alkanes) is 2. The van der Waals surface area contributed by atoms with Crippen LogP contribution in [-0.2, 0) is 11.8 Å². The third-order valence-corrected chi connectivity index (χ3v) is 3.44. The molecule has 0 saturated carbocycles. The van der Waals surface area contributed by atoms with Gasteiger partial charge in [0.15, 0.2) is 0 Å². The Morgan fingerprint density at radius 1 is 1.06 bits per heavy atom. The second kappa shape index (κ2) is 6.69. The van der Waals surface area contributed by atoms with Crippen LogP contribution in [0.2, 0.25) is 0 Å². The van der Waals surface area contributed by atoms with Crippen LogP contribution in [-0.4, -0.2) is 14.8 Å². The van der Waals surface area contributed by atoms with E-state index in [0.717, 1.165) is 29.1 Å². The van der Waals surface area contributed by atoms with Gasteiger partial charge in [-0.15, -0.1) is 10.2 Å². The number of benzene rings is 1. The van der Waals surface area contributed by atoms with E-state index in [1.165, 1.54) is 19.3 Å². The Balaban J connectivity index is 2.28. The second-order valence-electron chi connectivity index (χ2n) is 4.29. The molecule has 0 N–H and O–H groups in total. The highest BCUT2D eigenvalue weighted by Gasteiger charge is 2.12. The van der Waals surface area contributed by atoms with Crippen LogP contribution in [0, 0.1) is 0 Å². The zero-order chi connectivity index (χ0) is 12.8. The summed E-state index contributed by atoms with van der Waals surface area (Å²) in [6.45, 7) is 2.21. The van der Waals surface area contributed by atoms with Crippen molar-refractivity contribution in [3.05, 3.63) is 42.0 Å². The van der Waals surface area contributed by atoms with E-state index in [1.54, 1.807) is 0 Å². The maximum atomic E-state index is 4.32. The summed E-state index contributed by atoms with van der Waals surface area (Å²) in [5, 5.41) is 9.30. The van der Waals surface area contributed by atoms with Crippen LogP contribution in [0.3, 0.4) is 0 Å². The van der Waals surface area contributed by atoms with Gasteiger partial charge in [-0.25, -0.2) is 0 Å². The molecule has 1 aromatic carbocycles. The summed E-state index contributed by atoms with van der Waals surface area (Å²) in [5.41, 5.74) is 1.14. The Morgan fingerprint density at radius 2 is 1.78 bits per heavy atom. The number of rotatable bonds is 6. The van der Waals surface area contributed by atoms with Gasteiger partial charge >= 0.3 is 0 Å². The van der Waals surface area contributed by atoms with Gasteiger partial charge < -0.3 is 0 Å². The number of aryl methyl sites for hydroxylation is 1.